The number of piperazine rings is 1. The standard InChI is InChI=1S/C24H32N4OS/c1-19(20-8-10-22(11-9-20)21-6-4-3-5-7-21)26-23(18-30-17-12-25)24(29)28-15-13-27(2)14-16-28/h3-11,23,26H,1,12-18,25H2,2H3/t23-/m0/s1. The maximum Gasteiger partial charge on any atom is 0.246 e. The Morgan fingerprint density at radius 2 is 1.70 bits per heavy atom. The number of amides is 1. The van der Waals surface area contributed by atoms with Crippen LogP contribution >= 0.6 is 11.8 Å². The molecule has 1 heterocycles. The summed E-state index contributed by atoms with van der Waals surface area (Å²) >= 11 is 1.70. The number of carbonyl (C=O) groups is 1. The van der Waals surface area contributed by atoms with Crippen molar-refractivity contribution in [2.24, 2.45) is 5.73 Å². The zero-order valence-corrected chi connectivity index (χ0v) is 18.5. The first-order valence-corrected chi connectivity index (χ1v) is 11.6. The third-order valence-electron chi connectivity index (χ3n) is 5.35. The molecule has 0 spiro atoms. The lowest BCUT2D eigenvalue weighted by Crippen LogP contribution is -2.53. The highest BCUT2D eigenvalue weighted by Crippen LogP contribution is 2.21. The smallest absolute Gasteiger partial charge is 0.246 e. The monoisotopic (exact) mass is 424 g/mol. The van der Waals surface area contributed by atoms with E-state index in [-0.39, 0.29) is 11.9 Å². The fourth-order valence-corrected chi connectivity index (χ4v) is 4.29. The SMILES string of the molecule is C=C(N[C@@H](CSCCN)C(=O)N1CCN(C)CC1)c1ccc(-c2ccccc2)cc1. The van der Waals surface area contributed by atoms with Gasteiger partial charge in [-0.15, -0.1) is 0 Å². The van der Waals surface area contributed by atoms with E-state index in [2.05, 4.69) is 60.2 Å². The Balaban J connectivity index is 1.66. The number of carbonyl (C=O) groups excluding carboxylic acids is 1. The summed E-state index contributed by atoms with van der Waals surface area (Å²) in [6.07, 6.45) is 0. The second-order valence-electron chi connectivity index (χ2n) is 7.61. The van der Waals surface area contributed by atoms with Gasteiger partial charge in [-0.3, -0.25) is 4.79 Å². The molecule has 0 saturated carbocycles. The largest absolute Gasteiger partial charge is 0.373 e. The third-order valence-corrected chi connectivity index (χ3v) is 6.44. The van der Waals surface area contributed by atoms with Crippen LogP contribution in [0.1, 0.15) is 5.56 Å². The van der Waals surface area contributed by atoms with E-state index in [0.29, 0.717) is 12.3 Å². The molecule has 0 aromatic heterocycles. The van der Waals surface area contributed by atoms with E-state index >= 15 is 0 Å². The Kier molecular flexibility index (Phi) is 8.37. The van der Waals surface area contributed by atoms with Crippen LogP contribution in [0.25, 0.3) is 16.8 Å². The molecule has 5 nitrogen and oxygen atoms in total. The molecule has 1 aliphatic rings. The molecule has 0 bridgehead atoms. The van der Waals surface area contributed by atoms with Crippen molar-refractivity contribution in [1.29, 1.82) is 0 Å². The van der Waals surface area contributed by atoms with Crippen LogP contribution in [-0.2, 0) is 4.79 Å². The molecule has 2 aromatic carbocycles. The minimum absolute atomic E-state index is 0.148. The van der Waals surface area contributed by atoms with E-state index in [0.717, 1.165) is 48.8 Å². The lowest BCUT2D eigenvalue weighted by Gasteiger charge is -2.35. The Morgan fingerprint density at radius 3 is 2.33 bits per heavy atom. The summed E-state index contributed by atoms with van der Waals surface area (Å²) in [6.45, 7) is 8.19. The van der Waals surface area contributed by atoms with Crippen LogP contribution in [0.2, 0.25) is 0 Å². The first kappa shape index (κ1) is 22.4. The van der Waals surface area contributed by atoms with Gasteiger partial charge in [-0.2, -0.15) is 11.8 Å². The molecule has 1 atom stereocenters. The number of hydrogen-bond donors (Lipinski definition) is 2. The minimum atomic E-state index is -0.300. The molecule has 1 saturated heterocycles. The quantitative estimate of drug-likeness (QED) is 0.606. The summed E-state index contributed by atoms with van der Waals surface area (Å²) in [7, 11) is 2.09. The molecule has 3 rings (SSSR count). The van der Waals surface area contributed by atoms with E-state index in [4.69, 9.17) is 5.73 Å². The van der Waals surface area contributed by atoms with E-state index in [1.165, 1.54) is 5.56 Å². The minimum Gasteiger partial charge on any atom is -0.373 e. The summed E-state index contributed by atoms with van der Waals surface area (Å²) in [5.74, 6) is 1.67. The Hall–Kier alpha value is -2.28. The van der Waals surface area contributed by atoms with Crippen LogP contribution in [-0.4, -0.2) is 73.0 Å². The van der Waals surface area contributed by atoms with Gasteiger partial charge in [0.25, 0.3) is 0 Å². The second-order valence-corrected chi connectivity index (χ2v) is 8.76. The van der Waals surface area contributed by atoms with Crippen molar-refractivity contribution in [3.63, 3.8) is 0 Å². The van der Waals surface area contributed by atoms with Gasteiger partial charge in [-0.1, -0.05) is 61.2 Å². The summed E-state index contributed by atoms with van der Waals surface area (Å²) < 4.78 is 0. The average Bonchev–Trinajstić information content (AvgIpc) is 2.79. The third kappa shape index (κ3) is 6.11. The van der Waals surface area contributed by atoms with Crippen LogP contribution in [0.5, 0.6) is 0 Å². The zero-order chi connectivity index (χ0) is 21.3. The van der Waals surface area contributed by atoms with Gasteiger partial charge in [0.2, 0.25) is 5.91 Å². The number of hydrogen-bond acceptors (Lipinski definition) is 5. The van der Waals surface area contributed by atoms with Crippen LogP contribution in [0.15, 0.2) is 61.2 Å². The second kappa shape index (κ2) is 11.2. The lowest BCUT2D eigenvalue weighted by atomic mass is 10.0. The van der Waals surface area contributed by atoms with Crippen LogP contribution in [0.4, 0.5) is 0 Å². The molecule has 2 aromatic rings. The zero-order valence-electron chi connectivity index (χ0n) is 17.7. The Morgan fingerprint density at radius 1 is 1.07 bits per heavy atom. The lowest BCUT2D eigenvalue weighted by molar-refractivity contribution is -0.134. The number of likely N-dealkylation sites (N-methyl/N-ethyl adjacent to an activating group) is 1. The van der Waals surface area contributed by atoms with Gasteiger partial charge in [0.15, 0.2) is 0 Å². The molecule has 0 radical (unpaired) electrons. The van der Waals surface area contributed by atoms with Gasteiger partial charge in [0.05, 0.1) is 0 Å². The van der Waals surface area contributed by atoms with Gasteiger partial charge < -0.3 is 20.9 Å². The van der Waals surface area contributed by atoms with Gasteiger partial charge in [0, 0.05) is 49.9 Å². The fourth-order valence-electron chi connectivity index (χ4n) is 3.49. The summed E-state index contributed by atoms with van der Waals surface area (Å²) in [6, 6.07) is 18.3. The molecule has 30 heavy (non-hydrogen) atoms. The molecule has 160 valence electrons. The Bertz CT molecular complexity index is 817. The molecule has 0 aliphatic carbocycles. The van der Waals surface area contributed by atoms with Crippen molar-refractivity contribution in [3.8, 4) is 11.1 Å². The van der Waals surface area contributed by atoms with Gasteiger partial charge in [-0.05, 0) is 23.7 Å². The fraction of sp³-hybridized carbons (Fsp3) is 0.375. The van der Waals surface area contributed by atoms with Gasteiger partial charge in [0.1, 0.15) is 6.04 Å². The summed E-state index contributed by atoms with van der Waals surface area (Å²) in [4.78, 5) is 17.4. The highest BCUT2D eigenvalue weighted by Gasteiger charge is 2.27. The highest BCUT2D eigenvalue weighted by atomic mass is 32.2. The highest BCUT2D eigenvalue weighted by molar-refractivity contribution is 7.99. The maximum absolute atomic E-state index is 13.2. The number of nitrogens with two attached hydrogens (primary N) is 1. The van der Waals surface area contributed by atoms with Crippen LogP contribution in [0, 0.1) is 0 Å². The van der Waals surface area contributed by atoms with Crippen molar-refractivity contribution in [1.82, 2.24) is 15.1 Å². The van der Waals surface area contributed by atoms with Gasteiger partial charge in [-0.25, -0.2) is 0 Å². The maximum atomic E-state index is 13.2. The summed E-state index contributed by atoms with van der Waals surface area (Å²) in [5, 5.41) is 3.40. The molecule has 1 amide bonds. The van der Waals surface area contributed by atoms with Crippen molar-refractivity contribution >= 4 is 23.4 Å². The molecule has 6 heteroatoms. The first-order valence-electron chi connectivity index (χ1n) is 10.4. The number of nitrogens with one attached hydrogen (secondary N) is 1. The van der Waals surface area contributed by atoms with Crippen molar-refractivity contribution in [3.05, 3.63) is 66.7 Å². The average molecular weight is 425 g/mol. The molecular formula is C24H32N4OS. The van der Waals surface area contributed by atoms with E-state index in [1.807, 2.05) is 23.1 Å². The topological polar surface area (TPSA) is 61.6 Å². The van der Waals surface area contributed by atoms with Gasteiger partial charge >= 0.3 is 0 Å². The number of thioether (sulfide) groups is 1. The Labute approximate surface area is 184 Å². The predicted molar refractivity (Wildman–Crippen MR) is 128 cm³/mol. The van der Waals surface area contributed by atoms with E-state index < -0.39 is 0 Å². The van der Waals surface area contributed by atoms with Crippen molar-refractivity contribution in [2.75, 3.05) is 51.3 Å². The van der Waals surface area contributed by atoms with Crippen LogP contribution in [0.3, 0.4) is 0 Å². The molecule has 0 unspecified atom stereocenters. The van der Waals surface area contributed by atoms with Crippen LogP contribution < -0.4 is 11.1 Å². The first-order chi connectivity index (χ1) is 14.6. The van der Waals surface area contributed by atoms with Crippen molar-refractivity contribution in [2.45, 2.75) is 6.04 Å². The molecule has 1 aliphatic heterocycles. The molecule has 3 N–H and O–H groups in total. The normalized spacial score (nSPS) is 15.6. The van der Waals surface area contributed by atoms with Crippen molar-refractivity contribution < 1.29 is 4.79 Å². The van der Waals surface area contributed by atoms with E-state index in [1.54, 1.807) is 11.8 Å². The number of nitrogens with zero attached hydrogens (tertiary/aromatic N) is 2. The summed E-state index contributed by atoms with van der Waals surface area (Å²) in [5.41, 5.74) is 9.76. The number of benzene rings is 2. The molecule has 1 fully saturated rings. The van der Waals surface area contributed by atoms with E-state index in [9.17, 15) is 4.79 Å². The predicted octanol–water partition coefficient (Wildman–Crippen LogP) is 2.75. The number of rotatable bonds is 9. The molecular weight excluding hydrogens is 392 g/mol.